The predicted octanol–water partition coefficient (Wildman–Crippen LogP) is 4.08. The minimum atomic E-state index is -2.15. The Bertz CT molecular complexity index is 898. The topological polar surface area (TPSA) is 85.2 Å². The molecule has 0 radical (unpaired) electrons. The van der Waals surface area contributed by atoms with E-state index in [-0.39, 0.29) is 0 Å². The average molecular weight is 435 g/mol. The van der Waals surface area contributed by atoms with Gasteiger partial charge in [0.05, 0.1) is 14.2 Å². The quantitative estimate of drug-likeness (QED) is 0.695. The summed E-state index contributed by atoms with van der Waals surface area (Å²) in [6, 6.07) is 3.40. The molecule has 0 amide bonds. The summed E-state index contributed by atoms with van der Waals surface area (Å²) in [5.41, 5.74) is 0.0136. The van der Waals surface area contributed by atoms with Crippen LogP contribution < -0.4 is 9.47 Å². The first-order valence-electron chi connectivity index (χ1n) is 10.4. The maximum absolute atomic E-state index is 13.5. The van der Waals surface area contributed by atoms with Crippen molar-refractivity contribution in [2.75, 3.05) is 14.2 Å². The summed E-state index contributed by atoms with van der Waals surface area (Å²) >= 11 is 0. The maximum atomic E-state index is 13.5. The molecule has 1 aromatic carbocycles. The number of hydrogen-bond donors (Lipinski definition) is 2. The number of ether oxygens (including phenoxy) is 2. The Morgan fingerprint density at radius 2 is 1.77 bits per heavy atom. The van der Waals surface area contributed by atoms with Crippen LogP contribution in [0.5, 0.6) is 11.5 Å². The van der Waals surface area contributed by atoms with Crippen molar-refractivity contribution in [2.45, 2.75) is 71.1 Å². The van der Waals surface area contributed by atoms with Gasteiger partial charge in [0.2, 0.25) is 0 Å². The van der Waals surface area contributed by atoms with Gasteiger partial charge in [-0.3, -0.25) is 4.79 Å². The molecule has 0 saturated heterocycles. The van der Waals surface area contributed by atoms with Crippen molar-refractivity contribution in [3.05, 3.63) is 34.4 Å². The van der Waals surface area contributed by atoms with Crippen LogP contribution in [0.3, 0.4) is 0 Å². The van der Waals surface area contributed by atoms with E-state index in [1.165, 1.54) is 7.11 Å². The summed E-state index contributed by atoms with van der Waals surface area (Å²) in [7, 11) is 0.882. The van der Waals surface area contributed by atoms with E-state index in [9.17, 15) is 15.0 Å². The number of carbonyl (C=O) groups excluding carboxylic acids is 1. The fraction of sp³-hybridized carbons (Fsp3) is 0.609. The van der Waals surface area contributed by atoms with E-state index >= 15 is 0 Å². The van der Waals surface area contributed by atoms with E-state index in [1.807, 2.05) is 20.8 Å². The van der Waals surface area contributed by atoms with Crippen molar-refractivity contribution in [3.8, 4) is 11.5 Å². The minimum Gasteiger partial charge on any atom is -0.497 e. The van der Waals surface area contributed by atoms with E-state index in [0.29, 0.717) is 41.0 Å². The lowest BCUT2D eigenvalue weighted by atomic mass is 9.56. The number of fused-ring (bicyclic) bond motifs is 3. The number of allylic oxidation sites excluding steroid dienone is 1. The van der Waals surface area contributed by atoms with E-state index in [1.54, 1.807) is 19.2 Å². The van der Waals surface area contributed by atoms with Crippen LogP contribution in [0.25, 0.3) is 0 Å². The number of methoxy groups -OCH3 is 2. The first-order valence-corrected chi connectivity index (χ1v) is 13.8. The van der Waals surface area contributed by atoms with Crippen molar-refractivity contribution < 1.29 is 28.9 Å². The molecule has 6 nitrogen and oxygen atoms in total. The third-order valence-electron chi connectivity index (χ3n) is 6.57. The molecule has 30 heavy (non-hydrogen) atoms. The Balaban J connectivity index is 2.45. The molecule has 166 valence electrons. The fourth-order valence-corrected chi connectivity index (χ4v) is 6.03. The zero-order valence-electron chi connectivity index (χ0n) is 19.3. The highest BCUT2D eigenvalue weighted by Gasteiger charge is 2.59. The van der Waals surface area contributed by atoms with Crippen molar-refractivity contribution >= 4 is 14.1 Å². The molecular weight excluding hydrogens is 400 g/mol. The normalized spacial score (nSPS) is 28.5. The highest BCUT2D eigenvalue weighted by Crippen LogP contribution is 2.58. The summed E-state index contributed by atoms with van der Waals surface area (Å²) in [6.07, 6.45) is -1.15. The smallest absolute Gasteiger partial charge is 0.192 e. The fourth-order valence-electron chi connectivity index (χ4n) is 5.00. The summed E-state index contributed by atoms with van der Waals surface area (Å²) in [5, 5.41) is 23.4. The van der Waals surface area contributed by atoms with Crippen molar-refractivity contribution in [2.24, 2.45) is 5.41 Å². The van der Waals surface area contributed by atoms with Gasteiger partial charge < -0.3 is 24.1 Å². The van der Waals surface area contributed by atoms with Crippen LogP contribution in [-0.2, 0) is 9.22 Å². The number of hydrogen-bond acceptors (Lipinski definition) is 6. The summed E-state index contributed by atoms with van der Waals surface area (Å²) in [5.74, 6) is 0.458. The molecule has 0 heterocycles. The van der Waals surface area contributed by atoms with Crippen LogP contribution in [0.1, 0.15) is 56.9 Å². The first kappa shape index (κ1) is 23.0. The average Bonchev–Trinajstić information content (AvgIpc) is 2.66. The Labute approximate surface area is 180 Å². The van der Waals surface area contributed by atoms with Crippen molar-refractivity contribution in [3.63, 3.8) is 0 Å². The summed E-state index contributed by atoms with van der Waals surface area (Å²) in [6.45, 7) is 11.8. The molecule has 2 aliphatic carbocycles. The number of carbonyl (C=O) groups is 1. The highest BCUT2D eigenvalue weighted by molar-refractivity contribution is 6.69. The maximum Gasteiger partial charge on any atom is 0.192 e. The summed E-state index contributed by atoms with van der Waals surface area (Å²) in [4.78, 5) is 13.5. The predicted molar refractivity (Wildman–Crippen MR) is 117 cm³/mol. The van der Waals surface area contributed by atoms with Gasteiger partial charge in [0, 0.05) is 22.6 Å². The van der Waals surface area contributed by atoms with Gasteiger partial charge in [-0.15, -0.1) is 0 Å². The SMILES string of the molecule is COc1cc(OC)c2c(c1)[C@H](O[Si](C)(C)C)[C@]1(O)CCC(C)=C(C(=O)[C@@H]2O)C1(C)C. The molecule has 7 heteroatoms. The monoisotopic (exact) mass is 434 g/mol. The van der Waals surface area contributed by atoms with E-state index < -0.39 is 37.3 Å². The second-order valence-corrected chi connectivity index (χ2v) is 14.4. The number of aliphatic hydroxyl groups excluding tert-OH is 1. The zero-order valence-corrected chi connectivity index (χ0v) is 20.3. The zero-order chi connectivity index (χ0) is 22.6. The molecular formula is C23H34O6Si. The van der Waals surface area contributed by atoms with Gasteiger partial charge in [-0.25, -0.2) is 0 Å². The van der Waals surface area contributed by atoms with Crippen LogP contribution in [0.4, 0.5) is 0 Å². The van der Waals surface area contributed by atoms with Gasteiger partial charge in [0.15, 0.2) is 14.1 Å². The molecule has 3 rings (SSSR count). The van der Waals surface area contributed by atoms with Gasteiger partial charge in [0.25, 0.3) is 0 Å². The lowest BCUT2D eigenvalue weighted by Crippen LogP contribution is -2.57. The first-order chi connectivity index (χ1) is 13.8. The van der Waals surface area contributed by atoms with Crippen LogP contribution in [0, 0.1) is 5.41 Å². The Hall–Kier alpha value is -1.67. The van der Waals surface area contributed by atoms with Gasteiger partial charge in [-0.2, -0.15) is 0 Å². The Morgan fingerprint density at radius 3 is 2.30 bits per heavy atom. The highest BCUT2D eigenvalue weighted by atomic mass is 28.4. The van der Waals surface area contributed by atoms with Crippen molar-refractivity contribution in [1.29, 1.82) is 0 Å². The molecule has 0 aliphatic heterocycles. The second-order valence-electron chi connectivity index (χ2n) is 9.91. The molecule has 0 fully saturated rings. The Morgan fingerprint density at radius 1 is 1.13 bits per heavy atom. The molecule has 1 aromatic rings. The second kappa shape index (κ2) is 7.48. The molecule has 0 unspecified atom stereocenters. The number of ketones is 1. The van der Waals surface area contributed by atoms with Crippen LogP contribution in [-0.4, -0.2) is 44.1 Å². The largest absolute Gasteiger partial charge is 0.497 e. The molecule has 3 atom stereocenters. The van der Waals surface area contributed by atoms with Crippen LogP contribution in [0.2, 0.25) is 19.6 Å². The van der Waals surface area contributed by atoms with Gasteiger partial charge in [-0.05, 0) is 51.0 Å². The van der Waals surface area contributed by atoms with E-state index in [0.717, 1.165) is 5.57 Å². The van der Waals surface area contributed by atoms with Crippen molar-refractivity contribution in [1.82, 2.24) is 0 Å². The molecule has 2 aliphatic rings. The lowest BCUT2D eigenvalue weighted by Gasteiger charge is -2.54. The third kappa shape index (κ3) is 3.41. The van der Waals surface area contributed by atoms with Crippen LogP contribution in [0.15, 0.2) is 23.3 Å². The standard InChI is InChI=1S/C23H34O6Si/c1-13-9-10-23(26)21(29-30(6,7)8)15-11-14(27-4)12-16(28-5)17(15)19(24)20(25)18(13)22(23,2)3/h11-12,19,21,24,26H,9-10H2,1-8H3/t19-,21+,23-/m1/s1. The third-order valence-corrected chi connectivity index (χ3v) is 7.52. The van der Waals surface area contributed by atoms with Crippen LogP contribution >= 0.6 is 0 Å². The van der Waals surface area contributed by atoms with E-state index in [4.69, 9.17) is 13.9 Å². The number of Topliss-reactive ketones (excluding diaryl/α,β-unsaturated/α-hetero) is 1. The molecule has 0 aromatic heterocycles. The summed E-state index contributed by atoms with van der Waals surface area (Å²) < 4.78 is 17.6. The minimum absolute atomic E-state index is 0.340. The van der Waals surface area contributed by atoms with Gasteiger partial charge >= 0.3 is 0 Å². The molecule has 2 N–H and O–H groups in total. The molecule has 0 spiro atoms. The number of rotatable bonds is 4. The molecule has 0 saturated carbocycles. The van der Waals surface area contributed by atoms with E-state index in [2.05, 4.69) is 19.6 Å². The van der Waals surface area contributed by atoms with Gasteiger partial charge in [-0.1, -0.05) is 19.4 Å². The number of aliphatic hydroxyl groups is 2. The van der Waals surface area contributed by atoms with Gasteiger partial charge in [0.1, 0.15) is 29.3 Å². The lowest BCUT2D eigenvalue weighted by molar-refractivity contribution is -0.153. The number of benzene rings is 1. The Kier molecular flexibility index (Phi) is 5.73. The molecule has 2 bridgehead atoms.